The van der Waals surface area contributed by atoms with E-state index >= 15 is 0 Å². The zero-order chi connectivity index (χ0) is 7.84. The summed E-state index contributed by atoms with van der Waals surface area (Å²) in [7, 11) is 0. The molecule has 2 saturated heterocycles. The summed E-state index contributed by atoms with van der Waals surface area (Å²) in [4.78, 5) is 0. The molecule has 3 atom stereocenters. The zero-order valence-corrected chi connectivity index (χ0v) is 7.09. The van der Waals surface area contributed by atoms with E-state index in [9.17, 15) is 5.11 Å². The standard InChI is InChI=1S/C9H17NO/c1-6(11)7-4-8-2-3-9(5-7)10-8/h6-11H,2-5H2,1H3. The number of piperidine rings is 1. The molecule has 0 aromatic heterocycles. The number of fused-ring (bicyclic) bond motifs is 2. The predicted molar refractivity (Wildman–Crippen MR) is 44.4 cm³/mol. The van der Waals surface area contributed by atoms with E-state index in [0.717, 1.165) is 0 Å². The van der Waals surface area contributed by atoms with Crippen LogP contribution in [0.3, 0.4) is 0 Å². The van der Waals surface area contributed by atoms with E-state index in [4.69, 9.17) is 0 Å². The largest absolute Gasteiger partial charge is 0.393 e. The number of hydrogen-bond acceptors (Lipinski definition) is 2. The minimum Gasteiger partial charge on any atom is -0.393 e. The number of aliphatic hydroxyl groups excluding tert-OH is 1. The van der Waals surface area contributed by atoms with Crippen molar-refractivity contribution in [2.75, 3.05) is 0 Å². The molecule has 2 fully saturated rings. The van der Waals surface area contributed by atoms with Gasteiger partial charge in [0.25, 0.3) is 0 Å². The van der Waals surface area contributed by atoms with Gasteiger partial charge in [-0.3, -0.25) is 0 Å². The quantitative estimate of drug-likeness (QED) is 0.589. The summed E-state index contributed by atoms with van der Waals surface area (Å²) in [5.41, 5.74) is 0. The average molecular weight is 155 g/mol. The minimum atomic E-state index is -0.0970. The lowest BCUT2D eigenvalue weighted by Gasteiger charge is -2.30. The van der Waals surface area contributed by atoms with Crippen LogP contribution in [-0.4, -0.2) is 23.3 Å². The highest BCUT2D eigenvalue weighted by Crippen LogP contribution is 2.32. The predicted octanol–water partition coefficient (Wildman–Crippen LogP) is 0.898. The Hall–Kier alpha value is -0.0800. The molecule has 2 bridgehead atoms. The van der Waals surface area contributed by atoms with E-state index in [1.807, 2.05) is 6.92 Å². The number of rotatable bonds is 1. The molecule has 2 heteroatoms. The Balaban J connectivity index is 1.97. The van der Waals surface area contributed by atoms with Crippen molar-refractivity contribution in [2.45, 2.75) is 50.8 Å². The molecule has 11 heavy (non-hydrogen) atoms. The summed E-state index contributed by atoms with van der Waals surface area (Å²) in [6, 6.07) is 1.43. The van der Waals surface area contributed by atoms with Gasteiger partial charge in [0, 0.05) is 12.1 Å². The molecule has 2 aliphatic rings. The molecule has 0 amide bonds. The molecule has 3 unspecified atom stereocenters. The normalized spacial score (nSPS) is 45.8. The summed E-state index contributed by atoms with van der Waals surface area (Å²) in [6.45, 7) is 1.93. The molecular weight excluding hydrogens is 138 g/mol. The Morgan fingerprint density at radius 3 is 2.27 bits per heavy atom. The van der Waals surface area contributed by atoms with Crippen molar-refractivity contribution >= 4 is 0 Å². The van der Waals surface area contributed by atoms with Crippen LogP contribution in [0.4, 0.5) is 0 Å². The summed E-state index contributed by atoms with van der Waals surface area (Å²) < 4.78 is 0. The van der Waals surface area contributed by atoms with Crippen molar-refractivity contribution in [2.24, 2.45) is 5.92 Å². The van der Waals surface area contributed by atoms with Gasteiger partial charge in [-0.05, 0) is 38.5 Å². The number of aliphatic hydroxyl groups is 1. The molecule has 0 aromatic rings. The van der Waals surface area contributed by atoms with Gasteiger partial charge in [0.1, 0.15) is 0 Å². The van der Waals surface area contributed by atoms with Gasteiger partial charge in [-0.15, -0.1) is 0 Å². The van der Waals surface area contributed by atoms with Crippen LogP contribution in [0.1, 0.15) is 32.6 Å². The minimum absolute atomic E-state index is 0.0970. The van der Waals surface area contributed by atoms with E-state index in [-0.39, 0.29) is 6.10 Å². The first-order chi connectivity index (χ1) is 5.25. The zero-order valence-electron chi connectivity index (χ0n) is 7.09. The number of hydrogen-bond donors (Lipinski definition) is 2. The van der Waals surface area contributed by atoms with Crippen LogP contribution >= 0.6 is 0 Å². The smallest absolute Gasteiger partial charge is 0.0541 e. The molecule has 0 spiro atoms. The van der Waals surface area contributed by atoms with Crippen LogP contribution in [0.5, 0.6) is 0 Å². The van der Waals surface area contributed by atoms with Crippen molar-refractivity contribution in [3.05, 3.63) is 0 Å². The van der Waals surface area contributed by atoms with Gasteiger partial charge in [-0.2, -0.15) is 0 Å². The van der Waals surface area contributed by atoms with E-state index < -0.39 is 0 Å². The molecule has 64 valence electrons. The molecule has 0 aliphatic carbocycles. The molecule has 0 radical (unpaired) electrons. The van der Waals surface area contributed by atoms with Crippen LogP contribution in [-0.2, 0) is 0 Å². The van der Waals surface area contributed by atoms with Crippen molar-refractivity contribution in [3.8, 4) is 0 Å². The third kappa shape index (κ3) is 1.42. The molecule has 2 aliphatic heterocycles. The van der Waals surface area contributed by atoms with Gasteiger partial charge < -0.3 is 10.4 Å². The molecule has 2 nitrogen and oxygen atoms in total. The Morgan fingerprint density at radius 1 is 1.27 bits per heavy atom. The fraction of sp³-hybridized carbons (Fsp3) is 1.00. The lowest BCUT2D eigenvalue weighted by Crippen LogP contribution is -2.41. The Kier molecular flexibility index (Phi) is 1.90. The van der Waals surface area contributed by atoms with E-state index in [0.29, 0.717) is 18.0 Å². The van der Waals surface area contributed by atoms with E-state index in [1.54, 1.807) is 0 Å². The highest BCUT2D eigenvalue weighted by molar-refractivity contribution is 4.93. The molecule has 0 aromatic carbocycles. The fourth-order valence-corrected chi connectivity index (χ4v) is 2.50. The highest BCUT2D eigenvalue weighted by Gasteiger charge is 2.34. The van der Waals surface area contributed by atoms with Gasteiger partial charge >= 0.3 is 0 Å². The fourth-order valence-electron chi connectivity index (χ4n) is 2.50. The molecule has 2 heterocycles. The van der Waals surface area contributed by atoms with E-state index in [1.165, 1.54) is 25.7 Å². The Morgan fingerprint density at radius 2 is 1.82 bits per heavy atom. The average Bonchev–Trinajstić information content (AvgIpc) is 2.30. The van der Waals surface area contributed by atoms with Gasteiger partial charge in [-0.1, -0.05) is 0 Å². The third-order valence-electron chi connectivity index (χ3n) is 3.19. The monoisotopic (exact) mass is 155 g/mol. The summed E-state index contributed by atoms with van der Waals surface area (Å²) in [5, 5.41) is 13.0. The van der Waals surface area contributed by atoms with Crippen molar-refractivity contribution in [1.82, 2.24) is 5.32 Å². The van der Waals surface area contributed by atoms with Gasteiger partial charge in [0.2, 0.25) is 0 Å². The lowest BCUT2D eigenvalue weighted by molar-refractivity contribution is 0.0915. The van der Waals surface area contributed by atoms with Gasteiger partial charge in [0.15, 0.2) is 0 Å². The third-order valence-corrected chi connectivity index (χ3v) is 3.19. The van der Waals surface area contributed by atoms with Gasteiger partial charge in [-0.25, -0.2) is 0 Å². The summed E-state index contributed by atoms with van der Waals surface area (Å²) in [6.07, 6.45) is 4.93. The van der Waals surface area contributed by atoms with Crippen LogP contribution in [0.2, 0.25) is 0 Å². The Labute approximate surface area is 68.0 Å². The van der Waals surface area contributed by atoms with Crippen LogP contribution in [0.25, 0.3) is 0 Å². The first-order valence-electron chi connectivity index (χ1n) is 4.70. The van der Waals surface area contributed by atoms with Crippen molar-refractivity contribution in [3.63, 3.8) is 0 Å². The SMILES string of the molecule is CC(O)C1CC2CCC(C1)N2. The first kappa shape index (κ1) is 7.56. The second kappa shape index (κ2) is 2.76. The summed E-state index contributed by atoms with van der Waals surface area (Å²) >= 11 is 0. The Bertz CT molecular complexity index is 134. The second-order valence-electron chi connectivity index (χ2n) is 4.11. The summed E-state index contributed by atoms with van der Waals surface area (Å²) in [5.74, 6) is 0.564. The lowest BCUT2D eigenvalue weighted by atomic mass is 9.88. The maximum atomic E-state index is 9.41. The molecular formula is C9H17NO. The maximum Gasteiger partial charge on any atom is 0.0541 e. The van der Waals surface area contributed by atoms with Crippen LogP contribution in [0, 0.1) is 5.92 Å². The maximum absolute atomic E-state index is 9.41. The first-order valence-corrected chi connectivity index (χ1v) is 4.70. The highest BCUT2D eigenvalue weighted by atomic mass is 16.3. The van der Waals surface area contributed by atoms with Crippen LogP contribution in [0.15, 0.2) is 0 Å². The van der Waals surface area contributed by atoms with Crippen molar-refractivity contribution in [1.29, 1.82) is 0 Å². The van der Waals surface area contributed by atoms with Crippen molar-refractivity contribution < 1.29 is 5.11 Å². The van der Waals surface area contributed by atoms with Crippen LogP contribution < -0.4 is 5.32 Å². The van der Waals surface area contributed by atoms with E-state index in [2.05, 4.69) is 5.32 Å². The molecule has 0 saturated carbocycles. The number of nitrogens with one attached hydrogen (secondary N) is 1. The topological polar surface area (TPSA) is 32.3 Å². The van der Waals surface area contributed by atoms with Gasteiger partial charge in [0.05, 0.1) is 6.10 Å². The molecule has 2 N–H and O–H groups in total. The second-order valence-corrected chi connectivity index (χ2v) is 4.11. The molecule has 2 rings (SSSR count).